The largest absolute Gasteiger partial charge is 0.432 e. The first kappa shape index (κ1) is 15.0. The van der Waals surface area contributed by atoms with Crippen LogP contribution in [0, 0.1) is 0 Å². The molecule has 0 aliphatic carbocycles. The topological polar surface area (TPSA) is 81.9 Å². The van der Waals surface area contributed by atoms with Gasteiger partial charge in [0.15, 0.2) is 0 Å². The minimum atomic E-state index is -4.60. The van der Waals surface area contributed by atoms with Crippen molar-refractivity contribution in [2.24, 2.45) is 11.6 Å². The quantitative estimate of drug-likeness (QED) is 0.435. The molecular weight excluding hydrogens is 282 g/mol. The Kier molecular flexibility index (Phi) is 3.94. The normalized spacial score (nSPS) is 12.5. The number of hydrogen-bond donors (Lipinski definition) is 3. The second kappa shape index (κ2) is 5.53. The van der Waals surface area contributed by atoms with Crippen molar-refractivity contribution in [3.63, 3.8) is 0 Å². The summed E-state index contributed by atoms with van der Waals surface area (Å²) in [5, 5.41) is 3.66. The number of nitrogens with one attached hydrogen (secondary N) is 1. The lowest BCUT2D eigenvalue weighted by Crippen LogP contribution is -2.22. The second-order valence-corrected chi connectivity index (χ2v) is 4.17. The highest BCUT2D eigenvalue weighted by molar-refractivity contribution is 6.33. The summed E-state index contributed by atoms with van der Waals surface area (Å²) in [5.41, 5.74) is 7.69. The summed E-state index contributed by atoms with van der Waals surface area (Å²) in [6.07, 6.45) is -2.27. The summed E-state index contributed by atoms with van der Waals surface area (Å²) >= 11 is 0. The Balaban J connectivity index is 2.43. The van der Waals surface area contributed by atoms with Gasteiger partial charge in [0, 0.05) is 12.4 Å². The highest BCUT2D eigenvalue weighted by Crippen LogP contribution is 2.29. The van der Waals surface area contributed by atoms with Crippen molar-refractivity contribution in [1.29, 1.82) is 0 Å². The molecule has 2 aromatic rings. The number of aromatic nitrogens is 2. The molecule has 0 aliphatic heterocycles. The maximum atomic E-state index is 12.9. The molecule has 0 bridgehead atoms. The van der Waals surface area contributed by atoms with Gasteiger partial charge in [0.2, 0.25) is 0 Å². The monoisotopic (exact) mass is 293 g/mol. The molecule has 0 amide bonds. The molecule has 5 nitrogen and oxygen atoms in total. The van der Waals surface area contributed by atoms with Gasteiger partial charge >= 0.3 is 6.18 Å². The lowest BCUT2D eigenvalue weighted by atomic mass is 9.96. The maximum absolute atomic E-state index is 12.9. The minimum Gasteiger partial charge on any atom is -0.397 e. The van der Waals surface area contributed by atoms with Crippen molar-refractivity contribution in [3.8, 4) is 5.69 Å². The van der Waals surface area contributed by atoms with Gasteiger partial charge in [-0.25, -0.2) is 4.68 Å². The number of alkyl halides is 3. The molecule has 0 saturated heterocycles. The Hall–Kier alpha value is -2.42. The molecule has 1 aromatic carbocycles. The van der Waals surface area contributed by atoms with Crippen LogP contribution in [-0.2, 0) is 6.18 Å². The lowest BCUT2D eigenvalue weighted by molar-refractivity contribution is -0.141. The van der Waals surface area contributed by atoms with E-state index in [1.807, 2.05) is 0 Å². The highest BCUT2D eigenvalue weighted by Gasteiger charge is 2.36. The molecular formula is C12H11BF3N5. The van der Waals surface area contributed by atoms with Crippen LogP contribution in [0.15, 0.2) is 36.7 Å². The number of hydrazine groups is 1. The Labute approximate surface area is 119 Å². The van der Waals surface area contributed by atoms with Gasteiger partial charge in [0.1, 0.15) is 13.5 Å². The van der Waals surface area contributed by atoms with Crippen molar-refractivity contribution >= 4 is 19.0 Å². The zero-order valence-corrected chi connectivity index (χ0v) is 10.7. The van der Waals surface area contributed by atoms with Crippen molar-refractivity contribution < 1.29 is 13.2 Å². The number of rotatable bonds is 3. The van der Waals surface area contributed by atoms with E-state index in [4.69, 9.17) is 19.4 Å². The van der Waals surface area contributed by atoms with Gasteiger partial charge in [0.25, 0.3) is 0 Å². The molecule has 21 heavy (non-hydrogen) atoms. The van der Waals surface area contributed by atoms with Crippen molar-refractivity contribution in [2.45, 2.75) is 6.18 Å². The summed E-state index contributed by atoms with van der Waals surface area (Å²) in [4.78, 5) is 0. The molecule has 0 atom stereocenters. The van der Waals surface area contributed by atoms with Crippen molar-refractivity contribution in [3.05, 3.63) is 47.9 Å². The summed E-state index contributed by atoms with van der Waals surface area (Å²) in [5.74, 6) is 5.10. The number of hydrogen-bond acceptors (Lipinski definition) is 4. The fourth-order valence-electron chi connectivity index (χ4n) is 1.81. The van der Waals surface area contributed by atoms with Gasteiger partial charge in [-0.3, -0.25) is 5.84 Å². The van der Waals surface area contributed by atoms with Crippen LogP contribution >= 0.6 is 0 Å². The first-order chi connectivity index (χ1) is 9.84. The third-order valence-corrected chi connectivity index (χ3v) is 2.75. The molecule has 2 radical (unpaired) electrons. The van der Waals surface area contributed by atoms with E-state index in [9.17, 15) is 13.2 Å². The molecule has 0 unspecified atom stereocenters. The van der Waals surface area contributed by atoms with E-state index in [0.29, 0.717) is 11.3 Å². The van der Waals surface area contributed by atoms with E-state index >= 15 is 0 Å². The second-order valence-electron chi connectivity index (χ2n) is 4.17. The summed E-state index contributed by atoms with van der Waals surface area (Å²) in [6, 6.07) is 6.01. The molecule has 108 valence electrons. The van der Waals surface area contributed by atoms with Gasteiger partial charge in [-0.1, -0.05) is 12.1 Å². The molecule has 1 aromatic heterocycles. The Bertz CT molecular complexity index is 661. The standard InChI is InChI=1S/C12H11BF3N5/c13-9-5-20-21(11(9)12(14,15)16)8-3-1-7(2-4-8)10(17)6-19-18/h1-6,19H,17-18H2/b10-6-. The van der Waals surface area contributed by atoms with Crippen LogP contribution in [0.25, 0.3) is 11.4 Å². The van der Waals surface area contributed by atoms with Crippen LogP contribution in [0.3, 0.4) is 0 Å². The SMILES string of the molecule is [B]c1cnn(-c2ccc(/C(N)=C/NN)cc2)c1C(F)(F)F. The molecule has 5 N–H and O–H groups in total. The number of nitrogens with zero attached hydrogens (tertiary/aromatic N) is 2. The van der Waals surface area contributed by atoms with E-state index in [2.05, 4.69) is 10.5 Å². The Morgan fingerprint density at radius 3 is 2.43 bits per heavy atom. The lowest BCUT2D eigenvalue weighted by Gasteiger charge is -2.12. The predicted molar refractivity (Wildman–Crippen MR) is 73.4 cm³/mol. The van der Waals surface area contributed by atoms with E-state index in [-0.39, 0.29) is 5.69 Å². The van der Waals surface area contributed by atoms with Crippen LogP contribution in [0.2, 0.25) is 0 Å². The first-order valence-corrected chi connectivity index (χ1v) is 5.78. The van der Waals surface area contributed by atoms with Gasteiger partial charge in [0.05, 0.1) is 11.4 Å². The highest BCUT2D eigenvalue weighted by atomic mass is 19.4. The average molecular weight is 293 g/mol. The Morgan fingerprint density at radius 1 is 1.29 bits per heavy atom. The van der Waals surface area contributed by atoms with Crippen LogP contribution < -0.4 is 22.5 Å². The Morgan fingerprint density at radius 2 is 1.90 bits per heavy atom. The molecule has 0 saturated carbocycles. The summed E-state index contributed by atoms with van der Waals surface area (Å²) in [7, 11) is 5.33. The van der Waals surface area contributed by atoms with Gasteiger partial charge in [-0.05, 0) is 23.2 Å². The van der Waals surface area contributed by atoms with E-state index in [0.717, 1.165) is 10.9 Å². The molecule has 1 heterocycles. The van der Waals surface area contributed by atoms with Crippen LogP contribution in [0.5, 0.6) is 0 Å². The zero-order chi connectivity index (χ0) is 15.6. The van der Waals surface area contributed by atoms with Gasteiger partial charge in [-0.2, -0.15) is 18.3 Å². The number of benzene rings is 1. The van der Waals surface area contributed by atoms with E-state index in [1.165, 1.54) is 18.3 Å². The fourth-order valence-corrected chi connectivity index (χ4v) is 1.81. The van der Waals surface area contributed by atoms with Crippen LogP contribution in [0.4, 0.5) is 13.2 Å². The fraction of sp³-hybridized carbons (Fsp3) is 0.0833. The average Bonchev–Trinajstić information content (AvgIpc) is 2.81. The molecule has 0 aliphatic rings. The number of nitrogens with two attached hydrogens (primary N) is 2. The van der Waals surface area contributed by atoms with Crippen molar-refractivity contribution in [2.75, 3.05) is 0 Å². The maximum Gasteiger partial charge on any atom is 0.432 e. The third kappa shape index (κ3) is 3.02. The third-order valence-electron chi connectivity index (χ3n) is 2.75. The molecule has 0 spiro atoms. The van der Waals surface area contributed by atoms with Crippen LogP contribution in [-0.4, -0.2) is 17.6 Å². The van der Waals surface area contributed by atoms with Crippen molar-refractivity contribution in [1.82, 2.24) is 15.2 Å². The zero-order valence-electron chi connectivity index (χ0n) is 10.7. The molecule has 2 rings (SSSR count). The minimum absolute atomic E-state index is 0.219. The predicted octanol–water partition coefficient (Wildman–Crippen LogP) is 0.405. The van der Waals surface area contributed by atoms with Gasteiger partial charge < -0.3 is 11.2 Å². The molecule has 0 fully saturated rings. The van der Waals surface area contributed by atoms with E-state index in [1.54, 1.807) is 12.1 Å². The summed E-state index contributed by atoms with van der Waals surface area (Å²) in [6.45, 7) is 0. The smallest absolute Gasteiger partial charge is 0.397 e. The molecule has 9 heteroatoms. The first-order valence-electron chi connectivity index (χ1n) is 5.78. The van der Waals surface area contributed by atoms with Crippen LogP contribution in [0.1, 0.15) is 11.3 Å². The van der Waals surface area contributed by atoms with E-state index < -0.39 is 17.3 Å². The number of halogens is 3. The summed E-state index contributed by atoms with van der Waals surface area (Å²) < 4.78 is 39.6. The van der Waals surface area contributed by atoms with Gasteiger partial charge in [-0.15, -0.1) is 0 Å².